The number of hydrogen-bond acceptors (Lipinski definition) is 2. The van der Waals surface area contributed by atoms with E-state index in [0.717, 1.165) is 10.2 Å². The Morgan fingerprint density at radius 1 is 1.29 bits per heavy atom. The molecule has 1 aromatic carbocycles. The van der Waals surface area contributed by atoms with Gasteiger partial charge in [0.2, 0.25) is 5.91 Å². The lowest BCUT2D eigenvalue weighted by molar-refractivity contribution is -0.113. The van der Waals surface area contributed by atoms with Gasteiger partial charge in [-0.2, -0.15) is 0 Å². The first kappa shape index (κ1) is 13.0. The topological polar surface area (TPSA) is 29.1 Å². The number of carbonyl (C=O) groups excluding carboxylic acids is 1. The molecule has 0 unspecified atom stereocenters. The van der Waals surface area contributed by atoms with Crippen LogP contribution in [0.1, 0.15) is 25.7 Å². The molecule has 92 valence electrons. The summed E-state index contributed by atoms with van der Waals surface area (Å²) < 4.78 is 1.02. The molecule has 0 radical (unpaired) electrons. The Balaban J connectivity index is 1.74. The summed E-state index contributed by atoms with van der Waals surface area (Å²) in [6.07, 6.45) is 5.20. The fourth-order valence-corrected chi connectivity index (χ4v) is 3.37. The van der Waals surface area contributed by atoms with Gasteiger partial charge in [-0.15, -0.1) is 11.8 Å². The third-order valence-corrected chi connectivity index (χ3v) is 4.78. The van der Waals surface area contributed by atoms with Gasteiger partial charge in [0.05, 0.1) is 5.75 Å². The van der Waals surface area contributed by atoms with Crippen molar-refractivity contribution in [3.05, 3.63) is 28.7 Å². The van der Waals surface area contributed by atoms with Gasteiger partial charge in [-0.1, -0.05) is 28.8 Å². The molecule has 1 aromatic rings. The van der Waals surface area contributed by atoms with Gasteiger partial charge in [0.25, 0.3) is 0 Å². The van der Waals surface area contributed by atoms with Gasteiger partial charge >= 0.3 is 0 Å². The third kappa shape index (κ3) is 4.36. The fourth-order valence-electron chi connectivity index (χ4n) is 1.98. The van der Waals surface area contributed by atoms with Gasteiger partial charge in [-0.05, 0) is 37.1 Å². The van der Waals surface area contributed by atoms with Gasteiger partial charge in [0.1, 0.15) is 0 Å². The van der Waals surface area contributed by atoms with Crippen LogP contribution >= 0.6 is 27.7 Å². The summed E-state index contributed by atoms with van der Waals surface area (Å²) in [5.41, 5.74) is 0.866. The standard InChI is InChI=1S/C13H16BrNOS/c14-10-5-7-11(8-6-10)15-13(16)9-17-12-3-1-2-4-12/h5-8,12H,1-4,9H2,(H,15,16). The number of carbonyl (C=O) groups is 1. The third-order valence-electron chi connectivity index (χ3n) is 2.88. The summed E-state index contributed by atoms with van der Waals surface area (Å²) in [7, 11) is 0. The van der Waals surface area contributed by atoms with Crippen LogP contribution in [0.4, 0.5) is 5.69 Å². The zero-order valence-electron chi connectivity index (χ0n) is 9.62. The van der Waals surface area contributed by atoms with Crippen LogP contribution in [0, 0.1) is 0 Å². The molecule has 0 aliphatic heterocycles. The molecule has 0 aromatic heterocycles. The van der Waals surface area contributed by atoms with Crippen molar-refractivity contribution in [2.75, 3.05) is 11.1 Å². The van der Waals surface area contributed by atoms with Crippen molar-refractivity contribution >= 4 is 39.3 Å². The van der Waals surface area contributed by atoms with Gasteiger partial charge in [-0.3, -0.25) is 4.79 Å². The van der Waals surface area contributed by atoms with Crippen LogP contribution in [0.5, 0.6) is 0 Å². The van der Waals surface area contributed by atoms with Gasteiger partial charge in [0, 0.05) is 15.4 Å². The second kappa shape index (κ2) is 6.45. The Morgan fingerprint density at radius 2 is 1.94 bits per heavy atom. The van der Waals surface area contributed by atoms with E-state index in [9.17, 15) is 4.79 Å². The van der Waals surface area contributed by atoms with E-state index in [1.807, 2.05) is 24.3 Å². The number of hydrogen-bond donors (Lipinski definition) is 1. The fraction of sp³-hybridized carbons (Fsp3) is 0.462. The smallest absolute Gasteiger partial charge is 0.234 e. The maximum atomic E-state index is 11.7. The first-order valence-corrected chi connectivity index (χ1v) is 7.75. The van der Waals surface area contributed by atoms with Crippen LogP contribution in [-0.4, -0.2) is 16.9 Å². The Hall–Kier alpha value is -0.480. The predicted octanol–water partition coefficient (Wildman–Crippen LogP) is 4.06. The second-order valence-corrected chi connectivity index (χ2v) is 6.48. The van der Waals surface area contributed by atoms with E-state index in [2.05, 4.69) is 21.2 Å². The lowest BCUT2D eigenvalue weighted by Crippen LogP contribution is -2.15. The molecule has 0 atom stereocenters. The minimum atomic E-state index is 0.101. The van der Waals surface area contributed by atoms with Crippen LogP contribution in [0.15, 0.2) is 28.7 Å². The summed E-state index contributed by atoms with van der Waals surface area (Å²) in [6.45, 7) is 0. The average Bonchev–Trinajstić information content (AvgIpc) is 2.83. The van der Waals surface area contributed by atoms with Crippen molar-refractivity contribution < 1.29 is 4.79 Å². The average molecular weight is 314 g/mol. The highest BCUT2D eigenvalue weighted by atomic mass is 79.9. The molecule has 4 heteroatoms. The first-order chi connectivity index (χ1) is 8.24. The molecular weight excluding hydrogens is 298 g/mol. The zero-order chi connectivity index (χ0) is 12.1. The highest BCUT2D eigenvalue weighted by molar-refractivity contribution is 9.10. The summed E-state index contributed by atoms with van der Waals surface area (Å²) in [5.74, 6) is 0.671. The largest absolute Gasteiger partial charge is 0.325 e. The normalized spacial score (nSPS) is 16.1. The monoisotopic (exact) mass is 313 g/mol. The van der Waals surface area contributed by atoms with E-state index >= 15 is 0 Å². The van der Waals surface area contributed by atoms with Crippen LogP contribution in [0.3, 0.4) is 0 Å². The van der Waals surface area contributed by atoms with Crippen molar-refractivity contribution in [1.82, 2.24) is 0 Å². The molecule has 1 aliphatic carbocycles. The van der Waals surface area contributed by atoms with E-state index in [-0.39, 0.29) is 5.91 Å². The van der Waals surface area contributed by atoms with E-state index in [0.29, 0.717) is 11.0 Å². The number of rotatable bonds is 4. The molecule has 1 aliphatic rings. The maximum absolute atomic E-state index is 11.7. The van der Waals surface area contributed by atoms with Crippen molar-refractivity contribution in [1.29, 1.82) is 0 Å². The van der Waals surface area contributed by atoms with Gasteiger partial charge in [0.15, 0.2) is 0 Å². The Morgan fingerprint density at radius 3 is 2.59 bits per heavy atom. The number of anilines is 1. The molecule has 2 nitrogen and oxygen atoms in total. The van der Waals surface area contributed by atoms with Crippen LogP contribution < -0.4 is 5.32 Å². The summed E-state index contributed by atoms with van der Waals surface area (Å²) >= 11 is 5.16. The van der Waals surface area contributed by atoms with Crippen LogP contribution in [0.25, 0.3) is 0 Å². The number of nitrogens with one attached hydrogen (secondary N) is 1. The lowest BCUT2D eigenvalue weighted by Gasteiger charge is -2.09. The molecule has 1 N–H and O–H groups in total. The van der Waals surface area contributed by atoms with Crippen molar-refractivity contribution in [3.63, 3.8) is 0 Å². The molecule has 1 saturated carbocycles. The minimum Gasteiger partial charge on any atom is -0.325 e. The Labute approximate surface area is 115 Å². The molecule has 0 spiro atoms. The van der Waals surface area contributed by atoms with E-state index in [1.165, 1.54) is 25.7 Å². The highest BCUT2D eigenvalue weighted by Crippen LogP contribution is 2.29. The molecule has 1 amide bonds. The summed E-state index contributed by atoms with van der Waals surface area (Å²) in [5, 5.41) is 3.61. The van der Waals surface area contributed by atoms with E-state index in [4.69, 9.17) is 0 Å². The molecule has 0 heterocycles. The van der Waals surface area contributed by atoms with Crippen LogP contribution in [0.2, 0.25) is 0 Å². The number of benzene rings is 1. The van der Waals surface area contributed by atoms with Crippen LogP contribution in [-0.2, 0) is 4.79 Å². The molecule has 2 rings (SSSR count). The maximum Gasteiger partial charge on any atom is 0.234 e. The first-order valence-electron chi connectivity index (χ1n) is 5.91. The second-order valence-electron chi connectivity index (χ2n) is 4.27. The molecule has 0 saturated heterocycles. The quantitative estimate of drug-likeness (QED) is 0.908. The molecule has 0 bridgehead atoms. The van der Waals surface area contributed by atoms with Crippen molar-refractivity contribution in [2.24, 2.45) is 0 Å². The Kier molecular flexibility index (Phi) is 4.92. The van der Waals surface area contributed by atoms with Crippen molar-refractivity contribution in [2.45, 2.75) is 30.9 Å². The van der Waals surface area contributed by atoms with E-state index in [1.54, 1.807) is 11.8 Å². The molecule has 17 heavy (non-hydrogen) atoms. The van der Waals surface area contributed by atoms with Gasteiger partial charge in [-0.25, -0.2) is 0 Å². The Bertz CT molecular complexity index is 374. The minimum absolute atomic E-state index is 0.101. The lowest BCUT2D eigenvalue weighted by atomic mass is 10.3. The summed E-state index contributed by atoms with van der Waals surface area (Å²) in [6, 6.07) is 7.67. The molecule has 1 fully saturated rings. The summed E-state index contributed by atoms with van der Waals surface area (Å²) in [4.78, 5) is 11.7. The highest BCUT2D eigenvalue weighted by Gasteiger charge is 2.16. The number of halogens is 1. The predicted molar refractivity (Wildman–Crippen MR) is 77.5 cm³/mol. The van der Waals surface area contributed by atoms with E-state index < -0.39 is 0 Å². The van der Waals surface area contributed by atoms with Gasteiger partial charge < -0.3 is 5.32 Å². The SMILES string of the molecule is O=C(CSC1CCCC1)Nc1ccc(Br)cc1. The number of amides is 1. The zero-order valence-corrected chi connectivity index (χ0v) is 12.0. The molecular formula is C13H16BrNOS. The van der Waals surface area contributed by atoms with Crippen molar-refractivity contribution in [3.8, 4) is 0 Å². The number of thioether (sulfide) groups is 1.